The van der Waals surface area contributed by atoms with E-state index in [0.29, 0.717) is 0 Å². The fraction of sp³-hybridized carbons (Fsp3) is 0.300. The molecule has 1 aromatic rings. The van der Waals surface area contributed by atoms with Gasteiger partial charge >= 0.3 is 0 Å². The number of nitrogens with two attached hydrogens (primary N) is 2. The maximum Gasteiger partial charge on any atom is 0.221 e. The molecule has 5 nitrogen and oxygen atoms in total. The van der Waals surface area contributed by atoms with Crippen molar-refractivity contribution in [2.45, 2.75) is 11.8 Å². The Morgan fingerprint density at radius 2 is 2.06 bits per heavy atom. The summed E-state index contributed by atoms with van der Waals surface area (Å²) in [6.07, 6.45) is 0. The van der Waals surface area contributed by atoms with Crippen molar-refractivity contribution < 1.29 is 17.6 Å². The number of nitrogen functional groups attached to an aromatic ring is 1. The van der Waals surface area contributed by atoms with E-state index in [0.717, 1.165) is 12.1 Å². The number of amides is 1. The minimum atomic E-state index is -3.74. The quantitative estimate of drug-likeness (QED) is 0.760. The van der Waals surface area contributed by atoms with Gasteiger partial charge in [-0.1, -0.05) is 6.92 Å². The third-order valence-electron chi connectivity index (χ3n) is 2.29. The number of rotatable bonds is 4. The Bertz CT molecular complexity index is 542. The minimum absolute atomic E-state index is 0.133. The van der Waals surface area contributed by atoms with Gasteiger partial charge in [-0.15, -0.1) is 0 Å². The zero-order valence-electron chi connectivity index (χ0n) is 9.18. The summed E-state index contributed by atoms with van der Waals surface area (Å²) in [5.74, 6) is -2.81. The van der Waals surface area contributed by atoms with E-state index in [9.17, 15) is 17.6 Å². The fourth-order valence-electron chi connectivity index (χ4n) is 1.21. The molecule has 1 aromatic carbocycles. The molecular formula is C10H13FN2O3S. The first-order chi connectivity index (χ1) is 7.74. The third kappa shape index (κ3) is 3.16. The van der Waals surface area contributed by atoms with E-state index in [1.54, 1.807) is 0 Å². The summed E-state index contributed by atoms with van der Waals surface area (Å²) in [6.45, 7) is 1.40. The van der Waals surface area contributed by atoms with Gasteiger partial charge in [0.15, 0.2) is 9.84 Å². The van der Waals surface area contributed by atoms with Crippen LogP contribution in [0.4, 0.5) is 10.1 Å². The SMILES string of the molecule is CC(CS(=O)(=O)c1ccc(N)c(F)c1)C(N)=O. The first-order valence-corrected chi connectivity index (χ1v) is 6.46. The topological polar surface area (TPSA) is 103 Å². The lowest BCUT2D eigenvalue weighted by Gasteiger charge is -2.09. The molecule has 4 N–H and O–H groups in total. The molecule has 0 aliphatic heterocycles. The normalized spacial score (nSPS) is 13.3. The predicted molar refractivity (Wildman–Crippen MR) is 61.2 cm³/mol. The zero-order chi connectivity index (χ0) is 13.2. The number of sulfone groups is 1. The summed E-state index contributed by atoms with van der Waals surface area (Å²) < 4.78 is 36.7. The molecule has 0 saturated carbocycles. The molecule has 0 spiro atoms. The van der Waals surface area contributed by atoms with Crippen molar-refractivity contribution in [3.63, 3.8) is 0 Å². The number of benzene rings is 1. The van der Waals surface area contributed by atoms with Crippen molar-refractivity contribution in [1.29, 1.82) is 0 Å². The Balaban J connectivity index is 3.05. The maximum atomic E-state index is 13.1. The third-order valence-corrected chi connectivity index (χ3v) is 4.20. The molecule has 0 aromatic heterocycles. The van der Waals surface area contributed by atoms with Crippen molar-refractivity contribution in [3.8, 4) is 0 Å². The van der Waals surface area contributed by atoms with E-state index in [2.05, 4.69) is 0 Å². The second-order valence-corrected chi connectivity index (χ2v) is 5.80. The Morgan fingerprint density at radius 1 is 1.47 bits per heavy atom. The summed E-state index contributed by atoms with van der Waals surface area (Å²) in [6, 6.07) is 3.19. The first-order valence-electron chi connectivity index (χ1n) is 4.81. The van der Waals surface area contributed by atoms with E-state index >= 15 is 0 Å². The van der Waals surface area contributed by atoms with Crippen LogP contribution in [0.1, 0.15) is 6.92 Å². The van der Waals surface area contributed by atoms with Crippen molar-refractivity contribution in [3.05, 3.63) is 24.0 Å². The molecule has 1 rings (SSSR count). The molecule has 0 radical (unpaired) electrons. The van der Waals surface area contributed by atoms with Gasteiger partial charge in [0.05, 0.1) is 16.3 Å². The van der Waals surface area contributed by atoms with E-state index in [1.165, 1.54) is 13.0 Å². The molecule has 0 heterocycles. The van der Waals surface area contributed by atoms with Crippen LogP contribution in [-0.4, -0.2) is 20.1 Å². The van der Waals surface area contributed by atoms with Crippen LogP contribution >= 0.6 is 0 Å². The summed E-state index contributed by atoms with van der Waals surface area (Å²) in [4.78, 5) is 10.6. The highest BCUT2D eigenvalue weighted by atomic mass is 32.2. The van der Waals surface area contributed by atoms with Crippen LogP contribution in [0.25, 0.3) is 0 Å². The van der Waals surface area contributed by atoms with Gasteiger partial charge in [-0.05, 0) is 18.2 Å². The summed E-state index contributed by atoms with van der Waals surface area (Å²) in [5.41, 5.74) is 10.1. The van der Waals surface area contributed by atoms with Crippen LogP contribution in [0.5, 0.6) is 0 Å². The van der Waals surface area contributed by atoms with Crippen LogP contribution in [0.2, 0.25) is 0 Å². The molecular weight excluding hydrogens is 247 g/mol. The lowest BCUT2D eigenvalue weighted by Crippen LogP contribution is -2.27. The van der Waals surface area contributed by atoms with Gasteiger partial charge in [0.25, 0.3) is 0 Å². The van der Waals surface area contributed by atoms with Crippen molar-refractivity contribution >= 4 is 21.4 Å². The first kappa shape index (κ1) is 13.4. The zero-order valence-corrected chi connectivity index (χ0v) is 10.00. The second kappa shape index (κ2) is 4.70. The highest BCUT2D eigenvalue weighted by Crippen LogP contribution is 2.19. The van der Waals surface area contributed by atoms with E-state index in [4.69, 9.17) is 11.5 Å². The molecule has 1 atom stereocenters. The molecule has 0 saturated heterocycles. The van der Waals surface area contributed by atoms with Gasteiger partial charge in [-0.2, -0.15) is 0 Å². The van der Waals surface area contributed by atoms with Crippen LogP contribution in [-0.2, 0) is 14.6 Å². The predicted octanol–water partition coefficient (Wildman–Crippen LogP) is 0.303. The average Bonchev–Trinajstić information content (AvgIpc) is 2.21. The molecule has 17 heavy (non-hydrogen) atoms. The van der Waals surface area contributed by atoms with Crippen LogP contribution < -0.4 is 11.5 Å². The average molecular weight is 260 g/mol. The Labute approximate surface area is 98.5 Å². The van der Waals surface area contributed by atoms with Gasteiger partial charge < -0.3 is 11.5 Å². The number of hydrogen-bond acceptors (Lipinski definition) is 4. The number of carbonyl (C=O) groups excluding carboxylic acids is 1. The highest BCUT2D eigenvalue weighted by molar-refractivity contribution is 7.91. The smallest absolute Gasteiger partial charge is 0.221 e. The molecule has 0 fully saturated rings. The largest absolute Gasteiger partial charge is 0.396 e. The molecule has 1 unspecified atom stereocenters. The van der Waals surface area contributed by atoms with Crippen molar-refractivity contribution in [2.24, 2.45) is 11.7 Å². The Kier molecular flexibility index (Phi) is 3.72. The number of carbonyl (C=O) groups is 1. The van der Waals surface area contributed by atoms with Crippen LogP contribution in [0, 0.1) is 11.7 Å². The van der Waals surface area contributed by atoms with Crippen molar-refractivity contribution in [1.82, 2.24) is 0 Å². The van der Waals surface area contributed by atoms with Gasteiger partial charge in [-0.25, -0.2) is 12.8 Å². The van der Waals surface area contributed by atoms with Gasteiger partial charge in [0.1, 0.15) is 5.82 Å². The Morgan fingerprint density at radius 3 is 2.53 bits per heavy atom. The molecule has 1 amide bonds. The molecule has 0 aliphatic rings. The van der Waals surface area contributed by atoms with E-state index in [1.807, 2.05) is 0 Å². The number of anilines is 1. The van der Waals surface area contributed by atoms with E-state index < -0.39 is 33.2 Å². The van der Waals surface area contributed by atoms with Crippen LogP contribution in [0.15, 0.2) is 23.1 Å². The summed E-state index contributed by atoms with van der Waals surface area (Å²) >= 11 is 0. The second-order valence-electron chi connectivity index (χ2n) is 3.77. The lowest BCUT2D eigenvalue weighted by atomic mass is 10.2. The van der Waals surface area contributed by atoms with Crippen LogP contribution in [0.3, 0.4) is 0 Å². The number of hydrogen-bond donors (Lipinski definition) is 2. The van der Waals surface area contributed by atoms with Gasteiger partial charge in [0.2, 0.25) is 5.91 Å². The summed E-state index contributed by atoms with van der Waals surface area (Å²) in [5, 5.41) is 0. The highest BCUT2D eigenvalue weighted by Gasteiger charge is 2.22. The summed E-state index contributed by atoms with van der Waals surface area (Å²) in [7, 11) is -3.74. The molecule has 0 aliphatic carbocycles. The number of primary amides is 1. The standard InChI is InChI=1S/C10H13FN2O3S/c1-6(10(13)14)5-17(15,16)7-2-3-9(12)8(11)4-7/h2-4,6H,5,12H2,1H3,(H2,13,14). The monoisotopic (exact) mass is 260 g/mol. The lowest BCUT2D eigenvalue weighted by molar-refractivity contribution is -0.120. The Hall–Kier alpha value is -1.63. The number of halogens is 1. The van der Waals surface area contributed by atoms with Gasteiger partial charge in [0, 0.05) is 5.92 Å². The molecule has 7 heteroatoms. The molecule has 0 bridgehead atoms. The molecule has 94 valence electrons. The fourth-order valence-corrected chi connectivity index (χ4v) is 2.78. The van der Waals surface area contributed by atoms with Gasteiger partial charge in [-0.3, -0.25) is 4.79 Å². The minimum Gasteiger partial charge on any atom is -0.396 e. The van der Waals surface area contributed by atoms with E-state index in [-0.39, 0.29) is 10.6 Å². The maximum absolute atomic E-state index is 13.1. The van der Waals surface area contributed by atoms with Crippen molar-refractivity contribution in [2.75, 3.05) is 11.5 Å².